The van der Waals surface area contributed by atoms with Crippen LogP contribution in [-0.4, -0.2) is 50.0 Å². The van der Waals surface area contributed by atoms with Gasteiger partial charge in [-0.25, -0.2) is 4.79 Å². The molecule has 0 bridgehead atoms. The van der Waals surface area contributed by atoms with Crippen molar-refractivity contribution < 1.29 is 19.0 Å². The molecular weight excluding hydrogens is 340 g/mol. The first-order chi connectivity index (χ1) is 10.1. The average molecular weight is 357 g/mol. The number of methoxy groups -OCH3 is 1. The third kappa shape index (κ3) is 2.70. The van der Waals surface area contributed by atoms with Gasteiger partial charge in [0.05, 0.1) is 19.3 Å². The Morgan fingerprint density at radius 1 is 1.57 bits per heavy atom. The van der Waals surface area contributed by atoms with E-state index in [4.69, 9.17) is 9.47 Å². The van der Waals surface area contributed by atoms with E-state index in [-0.39, 0.29) is 12.2 Å². The maximum atomic E-state index is 11.4. The zero-order chi connectivity index (χ0) is 14.9. The highest BCUT2D eigenvalue weighted by Crippen LogP contribution is 2.46. The van der Waals surface area contributed by atoms with Crippen molar-refractivity contribution in [2.24, 2.45) is 0 Å². The molecule has 3 heterocycles. The second-order valence-electron chi connectivity index (χ2n) is 5.47. The summed E-state index contributed by atoms with van der Waals surface area (Å²) in [5.41, 5.74) is 0.0989. The summed E-state index contributed by atoms with van der Waals surface area (Å²) < 4.78 is 17.5. The lowest BCUT2D eigenvalue weighted by atomic mass is 9.83. The molecule has 7 heteroatoms. The summed E-state index contributed by atoms with van der Waals surface area (Å²) in [6.45, 7) is 1.92. The minimum atomic E-state index is -0.655. The highest BCUT2D eigenvalue weighted by atomic mass is 79.9. The fourth-order valence-corrected chi connectivity index (χ4v) is 3.48. The highest BCUT2D eigenvalue weighted by molar-refractivity contribution is 9.10. The van der Waals surface area contributed by atoms with E-state index in [0.717, 1.165) is 23.1 Å². The van der Waals surface area contributed by atoms with Gasteiger partial charge in [-0.2, -0.15) is 0 Å². The Labute approximate surface area is 131 Å². The van der Waals surface area contributed by atoms with Gasteiger partial charge in [-0.1, -0.05) is 0 Å². The Bertz CT molecular complexity index is 550. The zero-order valence-electron chi connectivity index (χ0n) is 11.7. The third-order valence-corrected chi connectivity index (χ3v) is 4.70. The molecule has 2 aliphatic heterocycles. The van der Waals surface area contributed by atoms with Crippen LogP contribution in [0, 0.1) is 0 Å². The largest absolute Gasteiger partial charge is 0.467 e. The van der Waals surface area contributed by atoms with Gasteiger partial charge >= 0.3 is 5.97 Å². The number of aromatic nitrogens is 1. The molecule has 1 unspecified atom stereocenters. The predicted molar refractivity (Wildman–Crippen MR) is 77.8 cm³/mol. The van der Waals surface area contributed by atoms with Crippen molar-refractivity contribution in [3.05, 3.63) is 28.5 Å². The lowest BCUT2D eigenvalue weighted by molar-refractivity contribution is -0.154. The van der Waals surface area contributed by atoms with Crippen LogP contribution in [0.1, 0.15) is 12.0 Å². The first-order valence-electron chi connectivity index (χ1n) is 6.75. The Balaban J connectivity index is 1.88. The zero-order valence-corrected chi connectivity index (χ0v) is 13.3. The van der Waals surface area contributed by atoms with Gasteiger partial charge in [-0.15, -0.1) is 0 Å². The SMILES string of the molecule is COC(=O)COC1(c2ccncc2Br)COC2(CNC2)C1. The number of hydrogen-bond donors (Lipinski definition) is 1. The normalized spacial score (nSPS) is 26.6. The number of hydrogen-bond acceptors (Lipinski definition) is 6. The van der Waals surface area contributed by atoms with Gasteiger partial charge in [-0.3, -0.25) is 4.98 Å². The van der Waals surface area contributed by atoms with Crippen molar-refractivity contribution in [3.63, 3.8) is 0 Å². The summed E-state index contributed by atoms with van der Waals surface area (Å²) in [6.07, 6.45) is 4.14. The minimum absolute atomic E-state index is 0.0991. The van der Waals surface area contributed by atoms with Crippen molar-refractivity contribution >= 4 is 21.9 Å². The third-order valence-electron chi connectivity index (χ3n) is 4.07. The molecule has 1 aromatic rings. The van der Waals surface area contributed by atoms with Crippen molar-refractivity contribution in [1.29, 1.82) is 0 Å². The molecule has 2 aliphatic rings. The quantitative estimate of drug-likeness (QED) is 0.811. The minimum Gasteiger partial charge on any atom is -0.467 e. The molecule has 2 saturated heterocycles. The molecular formula is C14H17BrN2O4. The van der Waals surface area contributed by atoms with E-state index < -0.39 is 11.6 Å². The van der Waals surface area contributed by atoms with Crippen LogP contribution in [-0.2, 0) is 24.6 Å². The summed E-state index contributed by atoms with van der Waals surface area (Å²) in [7, 11) is 1.35. The molecule has 1 aromatic heterocycles. The van der Waals surface area contributed by atoms with Gasteiger partial charge in [0.2, 0.25) is 0 Å². The van der Waals surface area contributed by atoms with Crippen molar-refractivity contribution in [2.45, 2.75) is 17.6 Å². The number of rotatable bonds is 4. The summed E-state index contributed by atoms with van der Waals surface area (Å²) in [5, 5.41) is 3.23. The maximum absolute atomic E-state index is 11.4. The van der Waals surface area contributed by atoms with Crippen molar-refractivity contribution in [2.75, 3.05) is 33.4 Å². The van der Waals surface area contributed by atoms with Gasteiger partial charge < -0.3 is 19.5 Å². The fraction of sp³-hybridized carbons (Fsp3) is 0.571. The van der Waals surface area contributed by atoms with E-state index in [2.05, 4.69) is 31.0 Å². The molecule has 0 aliphatic carbocycles. The second-order valence-corrected chi connectivity index (χ2v) is 6.32. The van der Waals surface area contributed by atoms with Crippen LogP contribution in [0.15, 0.2) is 22.9 Å². The smallest absolute Gasteiger partial charge is 0.331 e. The number of nitrogens with one attached hydrogen (secondary N) is 1. The first-order valence-corrected chi connectivity index (χ1v) is 7.54. The van der Waals surface area contributed by atoms with Crippen LogP contribution in [0.4, 0.5) is 0 Å². The van der Waals surface area contributed by atoms with Crippen LogP contribution in [0.3, 0.4) is 0 Å². The summed E-state index contributed by atoms with van der Waals surface area (Å²) in [4.78, 5) is 15.5. The monoisotopic (exact) mass is 356 g/mol. The summed E-state index contributed by atoms with van der Waals surface area (Å²) in [5.74, 6) is -0.396. The van der Waals surface area contributed by atoms with E-state index in [9.17, 15) is 4.79 Å². The number of carbonyl (C=O) groups excluding carboxylic acids is 1. The van der Waals surface area contributed by atoms with Crippen LogP contribution in [0.5, 0.6) is 0 Å². The fourth-order valence-electron chi connectivity index (χ4n) is 2.87. The van der Waals surface area contributed by atoms with Gasteiger partial charge in [0.25, 0.3) is 0 Å². The maximum Gasteiger partial charge on any atom is 0.331 e. The lowest BCUT2D eigenvalue weighted by Gasteiger charge is -2.39. The van der Waals surface area contributed by atoms with E-state index in [1.165, 1.54) is 7.11 Å². The number of nitrogens with zero attached hydrogens (tertiary/aromatic N) is 1. The second kappa shape index (κ2) is 5.64. The van der Waals surface area contributed by atoms with E-state index >= 15 is 0 Å². The Kier molecular flexibility index (Phi) is 4.00. The highest BCUT2D eigenvalue weighted by Gasteiger charge is 2.55. The van der Waals surface area contributed by atoms with E-state index in [1.54, 1.807) is 12.4 Å². The molecule has 1 atom stereocenters. The molecule has 21 heavy (non-hydrogen) atoms. The Morgan fingerprint density at radius 2 is 2.38 bits per heavy atom. The molecule has 0 radical (unpaired) electrons. The van der Waals surface area contributed by atoms with Gasteiger partial charge in [-0.05, 0) is 22.0 Å². The van der Waals surface area contributed by atoms with Crippen LogP contribution in [0.25, 0.3) is 0 Å². The van der Waals surface area contributed by atoms with Crippen molar-refractivity contribution in [1.82, 2.24) is 10.3 Å². The molecule has 3 rings (SSSR count). The van der Waals surface area contributed by atoms with Gasteiger partial charge in [0, 0.05) is 41.9 Å². The Hall–Kier alpha value is -1.02. The number of ether oxygens (including phenoxy) is 3. The van der Waals surface area contributed by atoms with Crippen molar-refractivity contribution in [3.8, 4) is 0 Å². The molecule has 114 valence electrons. The Morgan fingerprint density at radius 3 is 2.95 bits per heavy atom. The van der Waals surface area contributed by atoms with Crippen LogP contribution >= 0.6 is 15.9 Å². The van der Waals surface area contributed by atoms with Crippen LogP contribution < -0.4 is 5.32 Å². The molecule has 0 saturated carbocycles. The van der Waals surface area contributed by atoms with E-state index in [0.29, 0.717) is 13.0 Å². The standard InChI is InChI=1S/C14H17BrN2O4/c1-19-12(18)5-20-14(10-2-3-16-4-11(10)15)6-13(21-9-14)7-17-8-13/h2-4,17H,5-9H2,1H3. The molecule has 6 nitrogen and oxygen atoms in total. The average Bonchev–Trinajstić information content (AvgIpc) is 2.87. The van der Waals surface area contributed by atoms with Crippen LogP contribution in [0.2, 0.25) is 0 Å². The summed E-state index contributed by atoms with van der Waals surface area (Å²) >= 11 is 3.51. The first kappa shape index (κ1) is 14.9. The molecule has 1 spiro atoms. The summed E-state index contributed by atoms with van der Waals surface area (Å²) in [6, 6.07) is 1.90. The topological polar surface area (TPSA) is 69.7 Å². The van der Waals surface area contributed by atoms with Gasteiger partial charge in [0.1, 0.15) is 12.2 Å². The van der Waals surface area contributed by atoms with Gasteiger partial charge in [0.15, 0.2) is 0 Å². The number of halogens is 1. The number of carbonyl (C=O) groups is 1. The molecule has 1 N–H and O–H groups in total. The molecule has 2 fully saturated rings. The molecule has 0 amide bonds. The van der Waals surface area contributed by atoms with E-state index in [1.807, 2.05) is 6.07 Å². The predicted octanol–water partition coefficient (Wildman–Crippen LogP) is 0.991. The lowest BCUT2D eigenvalue weighted by Crippen LogP contribution is -2.59. The number of esters is 1. The molecule has 0 aromatic carbocycles. The number of pyridine rings is 1.